The summed E-state index contributed by atoms with van der Waals surface area (Å²) >= 11 is 0. The fourth-order valence-electron chi connectivity index (χ4n) is 2.92. The summed E-state index contributed by atoms with van der Waals surface area (Å²) in [5.74, 6) is 1.07. The van der Waals surface area contributed by atoms with E-state index in [1.807, 2.05) is 4.90 Å². The summed E-state index contributed by atoms with van der Waals surface area (Å²) in [5.41, 5.74) is 0. The Morgan fingerprint density at radius 3 is 2.41 bits per heavy atom. The zero-order chi connectivity index (χ0) is 12.1. The molecule has 4 heteroatoms. The normalized spacial score (nSPS) is 23.9. The molecule has 0 aromatic heterocycles. The zero-order valence-electron chi connectivity index (χ0n) is 10.5. The van der Waals surface area contributed by atoms with Crippen molar-refractivity contribution in [2.75, 3.05) is 32.9 Å². The summed E-state index contributed by atoms with van der Waals surface area (Å²) in [6.07, 6.45) is 4.60. The zero-order valence-corrected chi connectivity index (χ0v) is 10.5. The largest absolute Gasteiger partial charge is 0.342 e. The van der Waals surface area contributed by atoms with Gasteiger partial charge in [0, 0.05) is 19.0 Å². The van der Waals surface area contributed by atoms with E-state index >= 15 is 0 Å². The van der Waals surface area contributed by atoms with Crippen LogP contribution in [0, 0.1) is 11.8 Å². The van der Waals surface area contributed by atoms with Crippen molar-refractivity contribution in [1.82, 2.24) is 10.2 Å². The van der Waals surface area contributed by atoms with Crippen LogP contribution in [0.3, 0.4) is 0 Å². The van der Waals surface area contributed by atoms with Gasteiger partial charge in [0.05, 0.1) is 6.67 Å². The highest BCUT2D eigenvalue weighted by atomic mass is 19.1. The number of hydrogen-bond acceptors (Lipinski definition) is 2. The highest BCUT2D eigenvalue weighted by Gasteiger charge is 2.28. The van der Waals surface area contributed by atoms with E-state index in [9.17, 15) is 9.18 Å². The third-order valence-corrected chi connectivity index (χ3v) is 4.13. The Kier molecular flexibility index (Phi) is 4.77. The van der Waals surface area contributed by atoms with E-state index in [1.165, 1.54) is 0 Å². The fourth-order valence-corrected chi connectivity index (χ4v) is 2.92. The fraction of sp³-hybridized carbons (Fsp3) is 0.923. The van der Waals surface area contributed by atoms with Crippen molar-refractivity contribution in [3.8, 4) is 0 Å². The second-order valence-electron chi connectivity index (χ2n) is 5.27. The number of amides is 1. The van der Waals surface area contributed by atoms with Gasteiger partial charge < -0.3 is 10.2 Å². The molecule has 2 fully saturated rings. The molecule has 0 unspecified atom stereocenters. The lowest BCUT2D eigenvalue weighted by atomic mass is 9.91. The minimum Gasteiger partial charge on any atom is -0.342 e. The summed E-state index contributed by atoms with van der Waals surface area (Å²) in [6, 6.07) is 0. The molecule has 0 aliphatic carbocycles. The molecular formula is C13H23FN2O. The van der Waals surface area contributed by atoms with Crippen LogP contribution in [-0.2, 0) is 4.79 Å². The van der Waals surface area contributed by atoms with Crippen LogP contribution in [0.4, 0.5) is 4.39 Å². The number of halogens is 1. The lowest BCUT2D eigenvalue weighted by Crippen LogP contribution is -2.44. The van der Waals surface area contributed by atoms with Crippen LogP contribution >= 0.6 is 0 Å². The number of rotatable bonds is 3. The molecule has 2 saturated heterocycles. The standard InChI is InChI=1S/C13H23FN2O/c14-6-1-11-4-9-16(10-5-11)13(17)12-2-7-15-8-3-12/h11-12,15H,1-10H2. The van der Waals surface area contributed by atoms with Gasteiger partial charge in [-0.15, -0.1) is 0 Å². The molecule has 98 valence electrons. The Morgan fingerprint density at radius 1 is 1.18 bits per heavy atom. The third-order valence-electron chi connectivity index (χ3n) is 4.13. The molecule has 1 amide bonds. The summed E-state index contributed by atoms with van der Waals surface area (Å²) in [6.45, 7) is 3.40. The van der Waals surface area contributed by atoms with Gasteiger partial charge >= 0.3 is 0 Å². The van der Waals surface area contributed by atoms with Crippen molar-refractivity contribution in [2.45, 2.75) is 32.1 Å². The average Bonchev–Trinajstić information content (AvgIpc) is 2.40. The van der Waals surface area contributed by atoms with Gasteiger partial charge in [-0.2, -0.15) is 0 Å². The first-order chi connectivity index (χ1) is 8.31. The monoisotopic (exact) mass is 242 g/mol. The summed E-state index contributed by atoms with van der Waals surface area (Å²) < 4.78 is 12.2. The van der Waals surface area contributed by atoms with Crippen molar-refractivity contribution in [3.63, 3.8) is 0 Å². The van der Waals surface area contributed by atoms with Crippen molar-refractivity contribution in [3.05, 3.63) is 0 Å². The molecule has 2 heterocycles. The Labute approximate surface area is 103 Å². The lowest BCUT2D eigenvalue weighted by molar-refractivity contribution is -0.137. The number of likely N-dealkylation sites (tertiary alicyclic amines) is 1. The number of nitrogens with one attached hydrogen (secondary N) is 1. The second-order valence-corrected chi connectivity index (χ2v) is 5.27. The minimum atomic E-state index is -0.215. The van der Waals surface area contributed by atoms with Crippen LogP contribution in [0.15, 0.2) is 0 Å². The van der Waals surface area contributed by atoms with Crippen molar-refractivity contribution < 1.29 is 9.18 Å². The van der Waals surface area contributed by atoms with Gasteiger partial charge in [-0.05, 0) is 51.1 Å². The smallest absolute Gasteiger partial charge is 0.225 e. The molecule has 0 aromatic carbocycles. The van der Waals surface area contributed by atoms with Gasteiger partial charge in [0.2, 0.25) is 5.91 Å². The van der Waals surface area contributed by atoms with Crippen molar-refractivity contribution in [1.29, 1.82) is 0 Å². The Balaban J connectivity index is 1.77. The number of nitrogens with zero attached hydrogens (tertiary/aromatic N) is 1. The molecule has 3 nitrogen and oxygen atoms in total. The number of carbonyl (C=O) groups excluding carboxylic acids is 1. The Bertz CT molecular complexity index is 246. The van der Waals surface area contributed by atoms with Gasteiger partial charge in [-0.1, -0.05) is 0 Å². The molecular weight excluding hydrogens is 219 g/mol. The molecule has 0 radical (unpaired) electrons. The van der Waals surface area contributed by atoms with Crippen molar-refractivity contribution >= 4 is 5.91 Å². The molecule has 0 saturated carbocycles. The first-order valence-corrected chi connectivity index (χ1v) is 6.86. The first-order valence-electron chi connectivity index (χ1n) is 6.86. The molecule has 0 bridgehead atoms. The highest BCUT2D eigenvalue weighted by molar-refractivity contribution is 5.79. The van der Waals surface area contributed by atoms with Crippen LogP contribution in [-0.4, -0.2) is 43.7 Å². The average molecular weight is 242 g/mol. The number of carbonyl (C=O) groups is 1. The molecule has 1 N–H and O–H groups in total. The summed E-state index contributed by atoms with van der Waals surface area (Å²) in [4.78, 5) is 14.2. The van der Waals surface area contributed by atoms with Gasteiger partial charge in [0.1, 0.15) is 0 Å². The third kappa shape index (κ3) is 3.41. The van der Waals surface area contributed by atoms with E-state index < -0.39 is 0 Å². The highest BCUT2D eigenvalue weighted by Crippen LogP contribution is 2.23. The molecule has 0 aromatic rings. The van der Waals surface area contributed by atoms with Gasteiger partial charge in [-0.3, -0.25) is 9.18 Å². The topological polar surface area (TPSA) is 32.3 Å². The van der Waals surface area contributed by atoms with E-state index in [2.05, 4.69) is 5.32 Å². The van der Waals surface area contributed by atoms with E-state index in [4.69, 9.17) is 0 Å². The van der Waals surface area contributed by atoms with E-state index in [1.54, 1.807) is 0 Å². The molecule has 2 aliphatic rings. The van der Waals surface area contributed by atoms with E-state index in [0.717, 1.165) is 51.9 Å². The van der Waals surface area contributed by atoms with Crippen LogP contribution in [0.25, 0.3) is 0 Å². The van der Waals surface area contributed by atoms with Crippen molar-refractivity contribution in [2.24, 2.45) is 11.8 Å². The van der Waals surface area contributed by atoms with Gasteiger partial charge in [0.25, 0.3) is 0 Å². The molecule has 2 rings (SSSR count). The predicted molar refractivity (Wildman–Crippen MR) is 65.5 cm³/mol. The van der Waals surface area contributed by atoms with Gasteiger partial charge in [0.15, 0.2) is 0 Å². The maximum atomic E-state index is 12.2. The maximum absolute atomic E-state index is 12.2. The number of alkyl halides is 1. The van der Waals surface area contributed by atoms with Crippen LogP contribution in [0.2, 0.25) is 0 Å². The number of piperidine rings is 2. The summed E-state index contributed by atoms with van der Waals surface area (Å²) in [5, 5.41) is 3.28. The molecule has 2 aliphatic heterocycles. The Hall–Kier alpha value is -0.640. The number of hydrogen-bond donors (Lipinski definition) is 1. The first kappa shape index (κ1) is 12.8. The van der Waals surface area contributed by atoms with Crippen LogP contribution < -0.4 is 5.32 Å². The van der Waals surface area contributed by atoms with E-state index in [0.29, 0.717) is 18.2 Å². The molecule has 0 spiro atoms. The maximum Gasteiger partial charge on any atom is 0.225 e. The lowest BCUT2D eigenvalue weighted by Gasteiger charge is -2.35. The second kappa shape index (κ2) is 6.34. The van der Waals surface area contributed by atoms with Crippen LogP contribution in [0.5, 0.6) is 0 Å². The van der Waals surface area contributed by atoms with Gasteiger partial charge in [-0.25, -0.2) is 0 Å². The van der Waals surface area contributed by atoms with Crippen LogP contribution in [0.1, 0.15) is 32.1 Å². The molecule has 17 heavy (non-hydrogen) atoms. The minimum absolute atomic E-state index is 0.215. The SMILES string of the molecule is O=C(C1CCNCC1)N1CCC(CCF)CC1. The Morgan fingerprint density at radius 2 is 1.82 bits per heavy atom. The van der Waals surface area contributed by atoms with E-state index in [-0.39, 0.29) is 12.6 Å². The quantitative estimate of drug-likeness (QED) is 0.815. The molecule has 0 atom stereocenters. The predicted octanol–water partition coefficient (Wildman–Crippen LogP) is 1.58. The summed E-state index contributed by atoms with van der Waals surface area (Å²) in [7, 11) is 0.